The SMILES string of the molecule is O=C(NCCCNC1CC1)c1ccccc1OC(F)F. The van der Waals surface area contributed by atoms with Crippen molar-refractivity contribution in [2.45, 2.75) is 31.9 Å². The van der Waals surface area contributed by atoms with E-state index in [2.05, 4.69) is 15.4 Å². The molecular weight excluding hydrogens is 266 g/mol. The van der Waals surface area contributed by atoms with Gasteiger partial charge in [0.1, 0.15) is 5.75 Å². The minimum absolute atomic E-state index is 0.101. The number of carbonyl (C=O) groups excluding carboxylic acids is 1. The van der Waals surface area contributed by atoms with Crippen molar-refractivity contribution in [2.75, 3.05) is 13.1 Å². The van der Waals surface area contributed by atoms with Crippen LogP contribution in [0.25, 0.3) is 0 Å². The lowest BCUT2D eigenvalue weighted by Crippen LogP contribution is -2.28. The van der Waals surface area contributed by atoms with Gasteiger partial charge in [0.05, 0.1) is 5.56 Å². The van der Waals surface area contributed by atoms with Gasteiger partial charge in [-0.25, -0.2) is 0 Å². The summed E-state index contributed by atoms with van der Waals surface area (Å²) >= 11 is 0. The fourth-order valence-corrected chi connectivity index (χ4v) is 1.83. The summed E-state index contributed by atoms with van der Waals surface area (Å²) in [4.78, 5) is 11.9. The second-order valence-corrected chi connectivity index (χ2v) is 4.71. The molecule has 0 saturated heterocycles. The van der Waals surface area contributed by atoms with Crippen LogP contribution in [0.2, 0.25) is 0 Å². The molecule has 1 aliphatic rings. The molecule has 0 aliphatic heterocycles. The number of para-hydroxylation sites is 1. The molecule has 0 atom stereocenters. The van der Waals surface area contributed by atoms with Crippen LogP contribution < -0.4 is 15.4 Å². The number of alkyl halides is 2. The minimum atomic E-state index is -2.94. The molecule has 0 spiro atoms. The van der Waals surface area contributed by atoms with Crippen molar-refractivity contribution in [2.24, 2.45) is 0 Å². The highest BCUT2D eigenvalue weighted by atomic mass is 19.3. The number of benzene rings is 1. The Morgan fingerprint density at radius 1 is 1.30 bits per heavy atom. The van der Waals surface area contributed by atoms with E-state index in [-0.39, 0.29) is 11.3 Å². The van der Waals surface area contributed by atoms with E-state index in [4.69, 9.17) is 0 Å². The Bertz CT molecular complexity index is 451. The van der Waals surface area contributed by atoms with Crippen LogP contribution in [-0.2, 0) is 0 Å². The maximum atomic E-state index is 12.2. The zero-order valence-electron chi connectivity index (χ0n) is 11.1. The van der Waals surface area contributed by atoms with Gasteiger partial charge in [0.2, 0.25) is 0 Å². The molecule has 1 amide bonds. The van der Waals surface area contributed by atoms with Gasteiger partial charge < -0.3 is 15.4 Å². The molecule has 1 saturated carbocycles. The summed E-state index contributed by atoms with van der Waals surface area (Å²) in [5.41, 5.74) is 0.128. The van der Waals surface area contributed by atoms with E-state index in [0.29, 0.717) is 12.6 Å². The molecule has 4 nitrogen and oxygen atoms in total. The number of halogens is 2. The molecule has 0 heterocycles. The topological polar surface area (TPSA) is 50.4 Å². The summed E-state index contributed by atoms with van der Waals surface area (Å²) in [6.45, 7) is -1.59. The second-order valence-electron chi connectivity index (χ2n) is 4.71. The van der Waals surface area contributed by atoms with E-state index < -0.39 is 12.5 Å². The summed E-state index contributed by atoms with van der Waals surface area (Å²) in [5, 5.41) is 6.04. The largest absolute Gasteiger partial charge is 0.434 e. The third-order valence-electron chi connectivity index (χ3n) is 3.00. The van der Waals surface area contributed by atoms with Crippen LogP contribution in [0.3, 0.4) is 0 Å². The molecule has 1 aliphatic carbocycles. The number of amides is 1. The summed E-state index contributed by atoms with van der Waals surface area (Å²) in [5.74, 6) is -0.497. The number of carbonyl (C=O) groups is 1. The van der Waals surface area contributed by atoms with Crippen LogP contribution in [-0.4, -0.2) is 31.7 Å². The Kier molecular flexibility index (Phi) is 5.29. The molecule has 1 fully saturated rings. The van der Waals surface area contributed by atoms with E-state index in [1.54, 1.807) is 12.1 Å². The van der Waals surface area contributed by atoms with Crippen LogP contribution in [0.5, 0.6) is 5.75 Å². The first-order chi connectivity index (χ1) is 9.66. The Labute approximate surface area is 116 Å². The molecule has 2 rings (SSSR count). The first-order valence-corrected chi connectivity index (χ1v) is 6.72. The number of ether oxygens (including phenoxy) is 1. The predicted octanol–water partition coefficient (Wildman–Crippen LogP) is 2.16. The summed E-state index contributed by atoms with van der Waals surface area (Å²) in [6, 6.07) is 6.63. The Hall–Kier alpha value is -1.69. The van der Waals surface area contributed by atoms with Gasteiger partial charge in [-0.15, -0.1) is 0 Å². The van der Waals surface area contributed by atoms with E-state index in [0.717, 1.165) is 13.0 Å². The normalized spacial score (nSPS) is 14.3. The highest BCUT2D eigenvalue weighted by Crippen LogP contribution is 2.20. The first kappa shape index (κ1) is 14.7. The van der Waals surface area contributed by atoms with Crippen molar-refractivity contribution in [3.8, 4) is 5.75 Å². The molecule has 0 aromatic heterocycles. The van der Waals surface area contributed by atoms with E-state index in [9.17, 15) is 13.6 Å². The molecule has 1 aromatic carbocycles. The Balaban J connectivity index is 1.78. The van der Waals surface area contributed by atoms with Gasteiger partial charge in [-0.2, -0.15) is 8.78 Å². The van der Waals surface area contributed by atoms with Crippen molar-refractivity contribution in [3.63, 3.8) is 0 Å². The maximum absolute atomic E-state index is 12.2. The Morgan fingerprint density at radius 3 is 2.75 bits per heavy atom. The van der Waals surface area contributed by atoms with Gasteiger partial charge in [-0.1, -0.05) is 12.1 Å². The van der Waals surface area contributed by atoms with Crippen molar-refractivity contribution < 1.29 is 18.3 Å². The summed E-state index contributed by atoms with van der Waals surface area (Å²) in [6.07, 6.45) is 3.26. The average Bonchev–Trinajstić information content (AvgIpc) is 3.22. The highest BCUT2D eigenvalue weighted by Gasteiger charge is 2.19. The monoisotopic (exact) mass is 284 g/mol. The first-order valence-electron chi connectivity index (χ1n) is 6.72. The molecule has 0 radical (unpaired) electrons. The number of rotatable bonds is 8. The van der Waals surface area contributed by atoms with Gasteiger partial charge >= 0.3 is 6.61 Å². The van der Waals surface area contributed by atoms with Gasteiger partial charge in [0.25, 0.3) is 5.91 Å². The summed E-state index contributed by atoms with van der Waals surface area (Å²) < 4.78 is 28.8. The smallest absolute Gasteiger partial charge is 0.387 e. The molecule has 6 heteroatoms. The molecule has 0 bridgehead atoms. The average molecular weight is 284 g/mol. The fraction of sp³-hybridized carbons (Fsp3) is 0.500. The lowest BCUT2D eigenvalue weighted by atomic mass is 10.2. The zero-order valence-corrected chi connectivity index (χ0v) is 11.1. The summed E-state index contributed by atoms with van der Waals surface area (Å²) in [7, 11) is 0. The minimum Gasteiger partial charge on any atom is -0.434 e. The third kappa shape index (κ3) is 4.77. The van der Waals surface area contributed by atoms with Crippen molar-refractivity contribution >= 4 is 5.91 Å². The third-order valence-corrected chi connectivity index (χ3v) is 3.00. The van der Waals surface area contributed by atoms with Gasteiger partial charge in [-0.3, -0.25) is 4.79 Å². The van der Waals surface area contributed by atoms with Crippen LogP contribution in [0, 0.1) is 0 Å². The molecule has 110 valence electrons. The quantitative estimate of drug-likeness (QED) is 0.719. The Morgan fingerprint density at radius 2 is 2.05 bits per heavy atom. The standard InChI is InChI=1S/C14H18F2N2O2/c15-14(16)20-12-5-2-1-4-11(12)13(19)18-9-3-8-17-10-6-7-10/h1-2,4-5,10,14,17H,3,6-9H2,(H,18,19). The molecule has 20 heavy (non-hydrogen) atoms. The van der Waals surface area contributed by atoms with E-state index in [1.165, 1.54) is 25.0 Å². The van der Waals surface area contributed by atoms with Gasteiger partial charge in [0, 0.05) is 12.6 Å². The van der Waals surface area contributed by atoms with E-state index in [1.807, 2.05) is 0 Å². The van der Waals surface area contributed by atoms with Crippen LogP contribution >= 0.6 is 0 Å². The maximum Gasteiger partial charge on any atom is 0.387 e. The predicted molar refractivity (Wildman–Crippen MR) is 71.0 cm³/mol. The van der Waals surface area contributed by atoms with Crippen LogP contribution in [0.4, 0.5) is 8.78 Å². The zero-order chi connectivity index (χ0) is 14.4. The van der Waals surface area contributed by atoms with Gasteiger partial charge in [0.15, 0.2) is 0 Å². The van der Waals surface area contributed by atoms with Crippen molar-refractivity contribution in [1.29, 1.82) is 0 Å². The van der Waals surface area contributed by atoms with Crippen molar-refractivity contribution in [3.05, 3.63) is 29.8 Å². The number of hydrogen-bond acceptors (Lipinski definition) is 3. The fourth-order valence-electron chi connectivity index (χ4n) is 1.83. The molecule has 1 aromatic rings. The molecular formula is C14H18F2N2O2. The molecule has 2 N–H and O–H groups in total. The van der Waals surface area contributed by atoms with Crippen molar-refractivity contribution in [1.82, 2.24) is 10.6 Å². The number of nitrogens with one attached hydrogen (secondary N) is 2. The second kappa shape index (κ2) is 7.19. The molecule has 0 unspecified atom stereocenters. The lowest BCUT2D eigenvalue weighted by Gasteiger charge is -2.11. The van der Waals surface area contributed by atoms with Crippen LogP contribution in [0.15, 0.2) is 24.3 Å². The van der Waals surface area contributed by atoms with E-state index >= 15 is 0 Å². The lowest BCUT2D eigenvalue weighted by molar-refractivity contribution is -0.0501. The highest BCUT2D eigenvalue weighted by molar-refractivity contribution is 5.96. The van der Waals surface area contributed by atoms with Crippen LogP contribution in [0.1, 0.15) is 29.6 Å². The number of hydrogen-bond donors (Lipinski definition) is 2. The van der Waals surface area contributed by atoms with Gasteiger partial charge in [-0.05, 0) is 37.9 Å².